The van der Waals surface area contributed by atoms with Crippen LogP contribution in [0.2, 0.25) is 0 Å². The lowest BCUT2D eigenvalue weighted by Gasteiger charge is -2.05. The van der Waals surface area contributed by atoms with E-state index in [4.69, 9.17) is 5.73 Å². The standard InChI is InChI=1S/C14H15N3O2S2/c1-11-10-20-14(17-11)9-16-21(18,19)13-6-4-12(5-7-13)3-2-8-15/h4-7,10,16H,8-9,15H2,1H3. The van der Waals surface area contributed by atoms with Crippen molar-refractivity contribution in [3.05, 3.63) is 45.9 Å². The van der Waals surface area contributed by atoms with Crippen molar-refractivity contribution in [1.82, 2.24) is 9.71 Å². The zero-order valence-electron chi connectivity index (χ0n) is 11.5. The Morgan fingerprint density at radius 2 is 2.05 bits per heavy atom. The number of aryl methyl sites for hydroxylation is 1. The molecule has 0 bridgehead atoms. The van der Waals surface area contributed by atoms with Crippen LogP contribution in [-0.4, -0.2) is 19.9 Å². The SMILES string of the molecule is Cc1csc(CNS(=O)(=O)c2ccc(C#CCN)cc2)n1. The molecule has 0 saturated carbocycles. The van der Waals surface area contributed by atoms with Gasteiger partial charge in [0.05, 0.1) is 18.0 Å². The van der Waals surface area contributed by atoms with E-state index in [1.807, 2.05) is 12.3 Å². The van der Waals surface area contributed by atoms with Gasteiger partial charge in [0, 0.05) is 16.6 Å². The van der Waals surface area contributed by atoms with Gasteiger partial charge in [-0.05, 0) is 31.2 Å². The van der Waals surface area contributed by atoms with E-state index >= 15 is 0 Å². The van der Waals surface area contributed by atoms with E-state index in [0.29, 0.717) is 0 Å². The number of hydrogen-bond donors (Lipinski definition) is 2. The summed E-state index contributed by atoms with van der Waals surface area (Å²) in [4.78, 5) is 4.42. The first-order chi connectivity index (χ1) is 10.0. The largest absolute Gasteiger partial charge is 0.320 e. The third-order valence-electron chi connectivity index (χ3n) is 2.58. The van der Waals surface area contributed by atoms with Crippen LogP contribution in [0.1, 0.15) is 16.3 Å². The summed E-state index contributed by atoms with van der Waals surface area (Å²) in [7, 11) is -3.54. The number of sulfonamides is 1. The molecule has 2 rings (SSSR count). The average molecular weight is 321 g/mol. The predicted molar refractivity (Wildman–Crippen MR) is 83.3 cm³/mol. The van der Waals surface area contributed by atoms with Crippen LogP contribution in [-0.2, 0) is 16.6 Å². The smallest absolute Gasteiger partial charge is 0.240 e. The Labute approximate surface area is 128 Å². The van der Waals surface area contributed by atoms with Gasteiger partial charge in [0.2, 0.25) is 10.0 Å². The summed E-state index contributed by atoms with van der Waals surface area (Å²) < 4.78 is 26.8. The second kappa shape index (κ2) is 6.83. The molecule has 0 aliphatic heterocycles. The first kappa shape index (κ1) is 15.7. The average Bonchev–Trinajstić information content (AvgIpc) is 2.89. The Hall–Kier alpha value is -1.72. The highest BCUT2D eigenvalue weighted by molar-refractivity contribution is 7.89. The Morgan fingerprint density at radius 3 is 2.62 bits per heavy atom. The van der Waals surface area contributed by atoms with Crippen LogP contribution in [0.3, 0.4) is 0 Å². The summed E-state index contributed by atoms with van der Waals surface area (Å²) in [6.45, 7) is 2.33. The Balaban J connectivity index is 2.08. The van der Waals surface area contributed by atoms with E-state index in [1.165, 1.54) is 23.5 Å². The van der Waals surface area contributed by atoms with Crippen LogP contribution < -0.4 is 10.5 Å². The van der Waals surface area contributed by atoms with Crippen molar-refractivity contribution >= 4 is 21.4 Å². The third-order valence-corrected chi connectivity index (χ3v) is 4.96. The molecule has 7 heteroatoms. The Morgan fingerprint density at radius 1 is 1.33 bits per heavy atom. The summed E-state index contributed by atoms with van der Waals surface area (Å²) in [5, 5.41) is 2.62. The zero-order chi connectivity index (χ0) is 15.3. The molecule has 0 atom stereocenters. The van der Waals surface area contributed by atoms with E-state index in [0.717, 1.165) is 16.3 Å². The molecule has 1 aromatic carbocycles. The summed E-state index contributed by atoms with van der Waals surface area (Å²) in [5.74, 6) is 5.56. The lowest BCUT2D eigenvalue weighted by Crippen LogP contribution is -2.23. The molecule has 3 N–H and O–H groups in total. The van der Waals surface area contributed by atoms with E-state index in [9.17, 15) is 8.42 Å². The van der Waals surface area contributed by atoms with E-state index < -0.39 is 10.0 Å². The number of rotatable bonds is 4. The highest BCUT2D eigenvalue weighted by Gasteiger charge is 2.14. The van der Waals surface area contributed by atoms with Gasteiger partial charge in [0.15, 0.2) is 0 Å². The third kappa shape index (κ3) is 4.37. The van der Waals surface area contributed by atoms with Gasteiger partial charge in [-0.2, -0.15) is 0 Å². The van der Waals surface area contributed by atoms with Crippen LogP contribution in [0.5, 0.6) is 0 Å². The molecule has 0 amide bonds. The van der Waals surface area contributed by atoms with Gasteiger partial charge in [-0.15, -0.1) is 11.3 Å². The van der Waals surface area contributed by atoms with Crippen LogP contribution >= 0.6 is 11.3 Å². The van der Waals surface area contributed by atoms with Crippen molar-refractivity contribution in [3.8, 4) is 11.8 Å². The molecular weight excluding hydrogens is 306 g/mol. The highest BCUT2D eigenvalue weighted by Crippen LogP contribution is 2.12. The fourth-order valence-electron chi connectivity index (χ4n) is 1.59. The lowest BCUT2D eigenvalue weighted by molar-refractivity contribution is 0.581. The summed E-state index contributed by atoms with van der Waals surface area (Å²) >= 11 is 1.43. The maximum atomic E-state index is 12.1. The normalized spacial score (nSPS) is 11.0. The summed E-state index contributed by atoms with van der Waals surface area (Å²) in [6.07, 6.45) is 0. The second-order valence-electron chi connectivity index (χ2n) is 4.24. The van der Waals surface area contributed by atoms with E-state index in [2.05, 4.69) is 21.5 Å². The minimum absolute atomic E-state index is 0.190. The number of nitrogens with one attached hydrogen (secondary N) is 1. The highest BCUT2D eigenvalue weighted by atomic mass is 32.2. The van der Waals surface area contributed by atoms with Crippen molar-refractivity contribution in [2.75, 3.05) is 6.54 Å². The van der Waals surface area contributed by atoms with Gasteiger partial charge in [-0.1, -0.05) is 11.8 Å². The topological polar surface area (TPSA) is 85.1 Å². The minimum Gasteiger partial charge on any atom is -0.320 e. The number of benzene rings is 1. The molecule has 21 heavy (non-hydrogen) atoms. The quantitative estimate of drug-likeness (QED) is 0.830. The number of hydrogen-bond acceptors (Lipinski definition) is 5. The zero-order valence-corrected chi connectivity index (χ0v) is 13.1. The van der Waals surface area contributed by atoms with Gasteiger partial charge in [0.1, 0.15) is 5.01 Å². The molecule has 0 radical (unpaired) electrons. The predicted octanol–water partition coefficient (Wildman–Crippen LogP) is 1.24. The van der Waals surface area contributed by atoms with Crippen molar-refractivity contribution < 1.29 is 8.42 Å². The molecule has 0 unspecified atom stereocenters. The van der Waals surface area contributed by atoms with Gasteiger partial charge in [-0.25, -0.2) is 18.1 Å². The molecule has 0 spiro atoms. The molecule has 0 aliphatic rings. The van der Waals surface area contributed by atoms with Gasteiger partial charge in [0.25, 0.3) is 0 Å². The molecule has 110 valence electrons. The van der Waals surface area contributed by atoms with Crippen LogP contribution in [0.25, 0.3) is 0 Å². The fraction of sp³-hybridized carbons (Fsp3) is 0.214. The molecule has 1 heterocycles. The second-order valence-corrected chi connectivity index (χ2v) is 6.95. The number of nitrogens with two attached hydrogens (primary N) is 1. The van der Waals surface area contributed by atoms with Crippen LogP contribution in [0, 0.1) is 18.8 Å². The molecule has 2 aromatic rings. The molecule has 1 aromatic heterocycles. The van der Waals surface area contributed by atoms with Gasteiger partial charge in [-0.3, -0.25) is 0 Å². The van der Waals surface area contributed by atoms with E-state index in [1.54, 1.807) is 12.1 Å². The Bertz CT molecular complexity index is 769. The van der Waals surface area contributed by atoms with Crippen LogP contribution in [0.4, 0.5) is 0 Å². The number of aromatic nitrogens is 1. The molecule has 0 saturated heterocycles. The Kier molecular flexibility index (Phi) is 5.09. The van der Waals surface area contributed by atoms with E-state index in [-0.39, 0.29) is 18.0 Å². The molecule has 0 fully saturated rings. The number of nitrogens with zero attached hydrogens (tertiary/aromatic N) is 1. The monoisotopic (exact) mass is 321 g/mol. The van der Waals surface area contributed by atoms with Crippen molar-refractivity contribution in [2.24, 2.45) is 5.73 Å². The molecular formula is C14H15N3O2S2. The van der Waals surface area contributed by atoms with Gasteiger partial charge >= 0.3 is 0 Å². The van der Waals surface area contributed by atoms with Crippen molar-refractivity contribution in [2.45, 2.75) is 18.4 Å². The minimum atomic E-state index is -3.54. The maximum Gasteiger partial charge on any atom is 0.240 e. The lowest BCUT2D eigenvalue weighted by atomic mass is 10.2. The van der Waals surface area contributed by atoms with Gasteiger partial charge < -0.3 is 5.73 Å². The molecule has 5 nitrogen and oxygen atoms in total. The van der Waals surface area contributed by atoms with Crippen molar-refractivity contribution in [3.63, 3.8) is 0 Å². The van der Waals surface area contributed by atoms with Crippen molar-refractivity contribution in [1.29, 1.82) is 0 Å². The maximum absolute atomic E-state index is 12.1. The number of thiazole rings is 1. The summed E-state index contributed by atoms with van der Waals surface area (Å²) in [5.41, 5.74) is 6.91. The summed E-state index contributed by atoms with van der Waals surface area (Å²) in [6, 6.07) is 6.36. The van der Waals surface area contributed by atoms with Crippen LogP contribution in [0.15, 0.2) is 34.5 Å². The molecule has 0 aliphatic carbocycles. The first-order valence-electron chi connectivity index (χ1n) is 6.21. The fourth-order valence-corrected chi connectivity index (χ4v) is 3.39. The first-order valence-corrected chi connectivity index (χ1v) is 8.57.